The van der Waals surface area contributed by atoms with E-state index in [0.717, 1.165) is 0 Å². The molecule has 2 aliphatic heterocycles. The Hall–Kier alpha value is -2.96. The maximum absolute atomic E-state index is 12.4. The van der Waals surface area contributed by atoms with Gasteiger partial charge in [-0.25, -0.2) is 0 Å². The number of rotatable bonds is 2. The highest BCUT2D eigenvalue weighted by atomic mass is 16.2. The Kier molecular flexibility index (Phi) is 3.02. The number of nitrogens with one attached hydrogen (secondary N) is 2. The van der Waals surface area contributed by atoms with Crippen LogP contribution < -0.4 is 16.4 Å². The number of fused-ring (bicyclic) bond motifs is 1. The van der Waals surface area contributed by atoms with Gasteiger partial charge in [-0.1, -0.05) is 18.2 Å². The SMILES string of the molecule is CC1=C(C(=O)Nc2ccccc2)C2=NN=C(N)C2C(=O)N1. The third-order valence-corrected chi connectivity index (χ3v) is 3.31. The van der Waals surface area contributed by atoms with Gasteiger partial charge >= 0.3 is 0 Å². The molecule has 0 spiro atoms. The second-order valence-corrected chi connectivity index (χ2v) is 4.75. The Bertz CT molecular complexity index is 718. The molecule has 0 bridgehead atoms. The van der Waals surface area contributed by atoms with Crippen molar-refractivity contribution in [3.8, 4) is 0 Å². The van der Waals surface area contributed by atoms with Crippen molar-refractivity contribution in [3.05, 3.63) is 41.6 Å². The Morgan fingerprint density at radius 2 is 2.00 bits per heavy atom. The van der Waals surface area contributed by atoms with Gasteiger partial charge < -0.3 is 16.4 Å². The van der Waals surface area contributed by atoms with Crippen LogP contribution in [0.1, 0.15) is 6.92 Å². The second kappa shape index (κ2) is 4.86. The molecule has 0 saturated carbocycles. The van der Waals surface area contributed by atoms with Crippen LogP contribution in [0.2, 0.25) is 0 Å². The van der Waals surface area contributed by atoms with Crippen molar-refractivity contribution in [1.82, 2.24) is 5.32 Å². The number of carbonyl (C=O) groups excluding carboxylic acids is 2. The third-order valence-electron chi connectivity index (χ3n) is 3.31. The fourth-order valence-corrected chi connectivity index (χ4v) is 2.33. The summed E-state index contributed by atoms with van der Waals surface area (Å²) in [5.74, 6) is -1.36. The highest BCUT2D eigenvalue weighted by Crippen LogP contribution is 2.24. The van der Waals surface area contributed by atoms with Gasteiger partial charge in [0.15, 0.2) is 0 Å². The van der Waals surface area contributed by atoms with E-state index in [1.54, 1.807) is 19.1 Å². The van der Waals surface area contributed by atoms with Gasteiger partial charge in [-0.2, -0.15) is 5.10 Å². The largest absolute Gasteiger partial charge is 0.385 e. The van der Waals surface area contributed by atoms with Crippen molar-refractivity contribution in [2.75, 3.05) is 5.32 Å². The van der Waals surface area contributed by atoms with E-state index in [1.165, 1.54) is 0 Å². The number of anilines is 1. The molecule has 21 heavy (non-hydrogen) atoms. The van der Waals surface area contributed by atoms with Crippen LogP contribution in [0.15, 0.2) is 51.8 Å². The summed E-state index contributed by atoms with van der Waals surface area (Å²) in [6.45, 7) is 1.64. The lowest BCUT2D eigenvalue weighted by molar-refractivity contribution is -0.120. The van der Waals surface area contributed by atoms with Crippen LogP contribution in [0.4, 0.5) is 5.69 Å². The highest BCUT2D eigenvalue weighted by Gasteiger charge is 2.41. The summed E-state index contributed by atoms with van der Waals surface area (Å²) in [4.78, 5) is 24.3. The molecule has 0 aromatic heterocycles. The maximum Gasteiger partial charge on any atom is 0.259 e. The van der Waals surface area contributed by atoms with E-state index in [9.17, 15) is 9.59 Å². The zero-order valence-corrected chi connectivity index (χ0v) is 11.3. The first-order valence-electron chi connectivity index (χ1n) is 6.37. The van der Waals surface area contributed by atoms with Crippen molar-refractivity contribution in [2.24, 2.45) is 21.9 Å². The van der Waals surface area contributed by atoms with Gasteiger partial charge in [-0.05, 0) is 19.1 Å². The summed E-state index contributed by atoms with van der Waals surface area (Å²) in [7, 11) is 0. The summed E-state index contributed by atoms with van der Waals surface area (Å²) >= 11 is 0. The molecule has 1 aromatic carbocycles. The molecule has 1 unspecified atom stereocenters. The Labute approximate surface area is 120 Å². The van der Waals surface area contributed by atoms with Crippen molar-refractivity contribution in [1.29, 1.82) is 0 Å². The van der Waals surface area contributed by atoms with Crippen LogP contribution in [0.25, 0.3) is 0 Å². The third kappa shape index (κ3) is 2.18. The number of hydrogen-bond donors (Lipinski definition) is 3. The number of amides is 2. The van der Waals surface area contributed by atoms with Crippen LogP contribution in [0.5, 0.6) is 0 Å². The van der Waals surface area contributed by atoms with Gasteiger partial charge in [-0.3, -0.25) is 9.59 Å². The monoisotopic (exact) mass is 283 g/mol. The number of benzene rings is 1. The molecule has 4 N–H and O–H groups in total. The predicted octanol–water partition coefficient (Wildman–Crippen LogP) is 0.372. The molecule has 0 saturated heterocycles. The summed E-state index contributed by atoms with van der Waals surface area (Å²) in [6.07, 6.45) is 0. The first kappa shape index (κ1) is 13.0. The lowest BCUT2D eigenvalue weighted by Crippen LogP contribution is -2.47. The average molecular weight is 283 g/mol. The van der Waals surface area contributed by atoms with Gasteiger partial charge in [0, 0.05) is 11.4 Å². The quantitative estimate of drug-likeness (QED) is 0.729. The molecule has 106 valence electrons. The maximum atomic E-state index is 12.4. The molecule has 3 rings (SSSR count). The number of carbonyl (C=O) groups is 2. The van der Waals surface area contributed by atoms with Gasteiger partial charge in [0.1, 0.15) is 11.8 Å². The number of nitrogens with zero attached hydrogens (tertiary/aromatic N) is 2. The van der Waals surface area contributed by atoms with Crippen LogP contribution in [0.3, 0.4) is 0 Å². The fourth-order valence-electron chi connectivity index (χ4n) is 2.33. The van der Waals surface area contributed by atoms with E-state index in [4.69, 9.17) is 5.73 Å². The number of nitrogens with two attached hydrogens (primary N) is 1. The Morgan fingerprint density at radius 1 is 1.29 bits per heavy atom. The molecule has 0 fully saturated rings. The topological polar surface area (TPSA) is 109 Å². The number of amidine groups is 1. The summed E-state index contributed by atoms with van der Waals surface area (Å²) in [5, 5.41) is 13.0. The van der Waals surface area contributed by atoms with Gasteiger partial charge in [-0.15, -0.1) is 5.10 Å². The molecule has 0 aliphatic carbocycles. The Balaban J connectivity index is 1.92. The highest BCUT2D eigenvalue weighted by molar-refractivity contribution is 6.38. The van der Waals surface area contributed by atoms with E-state index >= 15 is 0 Å². The Morgan fingerprint density at radius 3 is 2.71 bits per heavy atom. The summed E-state index contributed by atoms with van der Waals surface area (Å²) in [5.41, 5.74) is 7.35. The lowest BCUT2D eigenvalue weighted by Gasteiger charge is -2.23. The van der Waals surface area contributed by atoms with Gasteiger partial charge in [0.05, 0.1) is 11.3 Å². The minimum absolute atomic E-state index is 0.0972. The lowest BCUT2D eigenvalue weighted by atomic mass is 9.90. The standard InChI is InChI=1S/C14H13N5O2/c1-7-9(13(20)17-8-5-3-2-4-6-8)11-10(14(21)16-7)12(15)19-18-11/h2-6,10H,1H3,(H2,15,19)(H,16,21)(H,17,20). The summed E-state index contributed by atoms with van der Waals surface area (Å²) in [6, 6.07) is 9.03. The zero-order chi connectivity index (χ0) is 15.0. The van der Waals surface area contributed by atoms with E-state index < -0.39 is 5.92 Å². The molecule has 1 aromatic rings. The minimum atomic E-state index is -0.787. The molecular weight excluding hydrogens is 270 g/mol. The van der Waals surface area contributed by atoms with Gasteiger partial charge in [0.25, 0.3) is 5.91 Å². The van der Waals surface area contributed by atoms with Gasteiger partial charge in [0.2, 0.25) is 5.91 Å². The molecule has 2 amide bonds. The second-order valence-electron chi connectivity index (χ2n) is 4.75. The predicted molar refractivity (Wildman–Crippen MR) is 78.5 cm³/mol. The van der Waals surface area contributed by atoms with E-state index in [0.29, 0.717) is 22.7 Å². The first-order valence-corrected chi connectivity index (χ1v) is 6.37. The van der Waals surface area contributed by atoms with E-state index in [1.807, 2.05) is 18.2 Å². The van der Waals surface area contributed by atoms with E-state index in [2.05, 4.69) is 20.8 Å². The van der Waals surface area contributed by atoms with Crippen LogP contribution in [-0.2, 0) is 9.59 Å². The molecule has 1 atom stereocenters. The molecular formula is C14H13N5O2. The molecule has 7 heteroatoms. The molecule has 7 nitrogen and oxygen atoms in total. The average Bonchev–Trinajstić information content (AvgIpc) is 2.82. The van der Waals surface area contributed by atoms with Crippen LogP contribution in [-0.4, -0.2) is 23.4 Å². The van der Waals surface area contributed by atoms with Crippen molar-refractivity contribution < 1.29 is 9.59 Å². The minimum Gasteiger partial charge on any atom is -0.385 e. The van der Waals surface area contributed by atoms with E-state index in [-0.39, 0.29) is 17.6 Å². The smallest absolute Gasteiger partial charge is 0.259 e. The zero-order valence-electron chi connectivity index (χ0n) is 11.3. The molecule has 0 radical (unpaired) electrons. The fraction of sp³-hybridized carbons (Fsp3) is 0.143. The van der Waals surface area contributed by atoms with Crippen molar-refractivity contribution in [2.45, 2.75) is 6.92 Å². The van der Waals surface area contributed by atoms with Crippen molar-refractivity contribution in [3.63, 3.8) is 0 Å². The number of para-hydroxylation sites is 1. The number of hydrogen-bond acceptors (Lipinski definition) is 5. The number of allylic oxidation sites excluding steroid dienone is 1. The van der Waals surface area contributed by atoms with Crippen molar-refractivity contribution >= 4 is 29.0 Å². The van der Waals surface area contributed by atoms with Crippen LogP contribution >= 0.6 is 0 Å². The first-order chi connectivity index (χ1) is 10.1. The normalized spacial score (nSPS) is 20.4. The molecule has 2 heterocycles. The molecule has 2 aliphatic rings. The summed E-state index contributed by atoms with van der Waals surface area (Å²) < 4.78 is 0. The van der Waals surface area contributed by atoms with Crippen LogP contribution in [0, 0.1) is 5.92 Å².